The number of benzene rings is 3. The zero-order chi connectivity index (χ0) is 27.7. The molecule has 196 valence electrons. The minimum absolute atomic E-state index is 0.142. The van der Waals surface area contributed by atoms with Crippen LogP contribution in [0.25, 0.3) is 0 Å². The Labute approximate surface area is 215 Å². The van der Waals surface area contributed by atoms with Gasteiger partial charge in [-0.1, -0.05) is 24.3 Å². The van der Waals surface area contributed by atoms with Crippen LogP contribution >= 0.6 is 0 Å². The van der Waals surface area contributed by atoms with Crippen molar-refractivity contribution < 1.29 is 32.4 Å². The van der Waals surface area contributed by atoms with Gasteiger partial charge in [0.1, 0.15) is 6.61 Å². The van der Waals surface area contributed by atoms with Crippen molar-refractivity contribution in [1.82, 2.24) is 5.43 Å². The van der Waals surface area contributed by atoms with Crippen molar-refractivity contribution in [2.75, 3.05) is 6.61 Å². The number of carbonyl (C=O) groups excluding carboxylic acids is 1. The number of nitriles is 1. The number of hydrazone groups is 1. The molecule has 0 aliphatic rings. The van der Waals surface area contributed by atoms with E-state index >= 15 is 0 Å². The van der Waals surface area contributed by atoms with Gasteiger partial charge >= 0.3 is 6.18 Å². The van der Waals surface area contributed by atoms with Crippen LogP contribution in [0.5, 0.6) is 11.5 Å². The number of hydrogen-bond acceptors (Lipinski definition) is 7. The van der Waals surface area contributed by atoms with Crippen molar-refractivity contribution in [3.8, 4) is 17.6 Å². The summed E-state index contributed by atoms with van der Waals surface area (Å²) in [5.41, 5.74) is 1.75. The molecule has 0 aromatic heterocycles. The molecule has 1 N–H and O–H groups in total. The van der Waals surface area contributed by atoms with Gasteiger partial charge in [0, 0.05) is 17.2 Å². The van der Waals surface area contributed by atoms with Crippen molar-refractivity contribution >= 4 is 17.8 Å². The number of nitrogens with zero attached hydrogens (tertiary/aromatic N) is 3. The van der Waals surface area contributed by atoms with Crippen LogP contribution in [0, 0.1) is 21.4 Å². The van der Waals surface area contributed by atoms with Gasteiger partial charge in [-0.05, 0) is 42.8 Å². The summed E-state index contributed by atoms with van der Waals surface area (Å²) in [6.07, 6.45) is -4.00. The largest absolute Gasteiger partial charge is 0.490 e. The molecule has 0 unspecified atom stereocenters. The highest BCUT2D eigenvalue weighted by Gasteiger charge is 2.33. The lowest BCUT2D eigenvalue weighted by molar-refractivity contribution is -0.385. The average molecular weight is 526 g/mol. The first kappa shape index (κ1) is 27.7. The predicted octanol–water partition coefficient (Wildman–Crippen LogP) is 5.16. The van der Waals surface area contributed by atoms with E-state index in [1.54, 1.807) is 49.4 Å². The molecule has 3 aromatic rings. The smallest absolute Gasteiger partial charge is 0.416 e. The molecule has 12 heteroatoms. The molecular weight excluding hydrogens is 505 g/mol. The molecule has 0 aliphatic carbocycles. The third kappa shape index (κ3) is 7.30. The lowest BCUT2D eigenvalue weighted by Crippen LogP contribution is -2.20. The Morgan fingerprint density at radius 1 is 1.11 bits per heavy atom. The van der Waals surface area contributed by atoms with Gasteiger partial charge in [-0.3, -0.25) is 14.9 Å². The van der Waals surface area contributed by atoms with Crippen molar-refractivity contribution in [3.05, 3.63) is 98.6 Å². The van der Waals surface area contributed by atoms with Gasteiger partial charge in [0.15, 0.2) is 11.5 Å². The number of halogens is 3. The Hall–Kier alpha value is -4.92. The maximum absolute atomic E-state index is 12.9. The molecule has 0 heterocycles. The average Bonchev–Trinajstić information content (AvgIpc) is 2.88. The lowest BCUT2D eigenvalue weighted by Gasteiger charge is -2.13. The van der Waals surface area contributed by atoms with E-state index in [1.165, 1.54) is 6.21 Å². The van der Waals surface area contributed by atoms with Crippen molar-refractivity contribution in [1.29, 1.82) is 5.26 Å². The fourth-order valence-corrected chi connectivity index (χ4v) is 3.35. The van der Waals surface area contributed by atoms with Crippen LogP contribution in [0.2, 0.25) is 0 Å². The number of nitro groups is 1. The van der Waals surface area contributed by atoms with Crippen LogP contribution in [-0.2, 0) is 24.0 Å². The molecule has 3 rings (SSSR count). The Morgan fingerprint density at radius 3 is 2.55 bits per heavy atom. The molecule has 0 saturated heterocycles. The van der Waals surface area contributed by atoms with Crippen LogP contribution in [-0.4, -0.2) is 23.7 Å². The number of amides is 1. The second-order valence-electron chi connectivity index (χ2n) is 7.77. The fourth-order valence-electron chi connectivity index (χ4n) is 3.35. The topological polar surface area (TPSA) is 127 Å². The minimum atomic E-state index is -4.75. The Morgan fingerprint density at radius 2 is 1.87 bits per heavy atom. The molecule has 1 amide bonds. The maximum Gasteiger partial charge on any atom is 0.416 e. The number of rotatable bonds is 10. The van der Waals surface area contributed by atoms with Gasteiger partial charge in [-0.15, -0.1) is 0 Å². The second kappa shape index (κ2) is 12.4. The number of ether oxygens (including phenoxy) is 2. The summed E-state index contributed by atoms with van der Waals surface area (Å²) in [5.74, 6) is 0.0678. The van der Waals surface area contributed by atoms with Crippen molar-refractivity contribution in [3.63, 3.8) is 0 Å². The van der Waals surface area contributed by atoms with E-state index < -0.39 is 34.7 Å². The quantitative estimate of drug-likeness (QED) is 0.221. The lowest BCUT2D eigenvalue weighted by atomic mass is 10.1. The summed E-state index contributed by atoms with van der Waals surface area (Å²) in [6, 6.07) is 16.0. The van der Waals surface area contributed by atoms with Gasteiger partial charge in [-0.25, -0.2) is 5.43 Å². The number of carbonyl (C=O) groups is 1. The molecular formula is C26H21F3N4O5. The van der Waals surface area contributed by atoms with E-state index in [-0.39, 0.29) is 12.2 Å². The molecule has 0 aliphatic heterocycles. The zero-order valence-corrected chi connectivity index (χ0v) is 20.0. The van der Waals surface area contributed by atoms with Crippen molar-refractivity contribution in [2.45, 2.75) is 26.1 Å². The molecule has 0 fully saturated rings. The van der Waals surface area contributed by atoms with Gasteiger partial charge < -0.3 is 9.47 Å². The first-order chi connectivity index (χ1) is 18.1. The standard InChI is InChI=1S/C26H21F3N4O5/c1-2-37-24-11-17(7-10-23(24)38-16-20-6-4-3-5-19(20)14-30)15-31-32-25(34)12-18-8-9-21(26(27,28)29)13-22(18)33(35)36/h3-11,13,15H,2,12,16H2,1H3,(H,32,34)/b31-15+. The molecule has 0 bridgehead atoms. The highest BCUT2D eigenvalue weighted by Crippen LogP contribution is 2.33. The molecule has 0 saturated carbocycles. The second-order valence-corrected chi connectivity index (χ2v) is 7.77. The predicted molar refractivity (Wildman–Crippen MR) is 131 cm³/mol. The maximum atomic E-state index is 12.9. The van der Waals surface area contributed by atoms with E-state index in [1.807, 2.05) is 0 Å². The zero-order valence-electron chi connectivity index (χ0n) is 20.0. The third-order valence-corrected chi connectivity index (χ3v) is 5.15. The highest BCUT2D eigenvalue weighted by molar-refractivity contribution is 5.84. The molecule has 0 spiro atoms. The first-order valence-electron chi connectivity index (χ1n) is 11.2. The van der Waals surface area contributed by atoms with E-state index in [0.29, 0.717) is 46.9 Å². The van der Waals surface area contributed by atoms with E-state index in [2.05, 4.69) is 16.6 Å². The highest BCUT2D eigenvalue weighted by atomic mass is 19.4. The molecule has 0 atom stereocenters. The molecule has 0 radical (unpaired) electrons. The summed E-state index contributed by atoms with van der Waals surface area (Å²) in [4.78, 5) is 22.4. The molecule has 38 heavy (non-hydrogen) atoms. The van der Waals surface area contributed by atoms with E-state index in [0.717, 1.165) is 6.07 Å². The van der Waals surface area contributed by atoms with Crippen LogP contribution in [0.4, 0.5) is 18.9 Å². The Kier molecular flexibility index (Phi) is 8.99. The summed E-state index contributed by atoms with van der Waals surface area (Å²) >= 11 is 0. The molecule has 3 aromatic carbocycles. The summed E-state index contributed by atoms with van der Waals surface area (Å²) in [5, 5.41) is 24.2. The number of alkyl halides is 3. The summed E-state index contributed by atoms with van der Waals surface area (Å²) in [6.45, 7) is 2.27. The summed E-state index contributed by atoms with van der Waals surface area (Å²) in [7, 11) is 0. The summed E-state index contributed by atoms with van der Waals surface area (Å²) < 4.78 is 50.0. The van der Waals surface area contributed by atoms with Crippen LogP contribution in [0.3, 0.4) is 0 Å². The Balaban J connectivity index is 1.67. The first-order valence-corrected chi connectivity index (χ1v) is 11.2. The van der Waals surface area contributed by atoms with E-state index in [9.17, 15) is 33.3 Å². The SMILES string of the molecule is CCOc1cc(/C=N/NC(=O)Cc2ccc(C(F)(F)F)cc2[N+](=O)[O-])ccc1OCc1ccccc1C#N. The normalized spacial score (nSPS) is 11.1. The van der Waals surface area contributed by atoms with Crippen molar-refractivity contribution in [2.24, 2.45) is 5.10 Å². The third-order valence-electron chi connectivity index (χ3n) is 5.15. The van der Waals surface area contributed by atoms with Crippen LogP contribution < -0.4 is 14.9 Å². The van der Waals surface area contributed by atoms with Gasteiger partial charge in [0.05, 0.1) is 41.4 Å². The Bertz CT molecular complexity index is 1400. The number of nitro benzene ring substituents is 1. The minimum Gasteiger partial charge on any atom is -0.490 e. The van der Waals surface area contributed by atoms with Gasteiger partial charge in [0.2, 0.25) is 5.91 Å². The molecule has 9 nitrogen and oxygen atoms in total. The number of nitrogens with one attached hydrogen (secondary N) is 1. The number of hydrogen-bond donors (Lipinski definition) is 1. The monoisotopic (exact) mass is 526 g/mol. The van der Waals surface area contributed by atoms with E-state index in [4.69, 9.17) is 9.47 Å². The van der Waals surface area contributed by atoms with Gasteiger partial charge in [0.25, 0.3) is 5.69 Å². The van der Waals surface area contributed by atoms with Gasteiger partial charge in [-0.2, -0.15) is 23.5 Å². The fraction of sp³-hybridized carbons (Fsp3) is 0.192. The van der Waals surface area contributed by atoms with Crippen LogP contribution in [0.15, 0.2) is 65.8 Å². The van der Waals surface area contributed by atoms with Crippen LogP contribution in [0.1, 0.15) is 34.7 Å².